The van der Waals surface area contributed by atoms with Crippen LogP contribution in [0.15, 0.2) is 48.7 Å². The average Bonchev–Trinajstić information content (AvgIpc) is 2.60. The van der Waals surface area contributed by atoms with Crippen LogP contribution in [0.3, 0.4) is 0 Å². The Morgan fingerprint density at radius 2 is 2.08 bits per heavy atom. The molecule has 0 amide bonds. The molecule has 2 aromatic rings. The summed E-state index contributed by atoms with van der Waals surface area (Å²) in [5.41, 5.74) is 1.94. The van der Waals surface area contributed by atoms with Crippen molar-refractivity contribution in [2.75, 3.05) is 6.54 Å². The molecule has 1 heterocycles. The van der Waals surface area contributed by atoms with Gasteiger partial charge >= 0.3 is 5.97 Å². The number of hydrogen-bond acceptors (Lipinski definition) is 4. The van der Waals surface area contributed by atoms with Gasteiger partial charge in [0.05, 0.1) is 11.6 Å². The smallest absolute Gasteiger partial charge is 0.307 e. The minimum absolute atomic E-state index is 0.358. The molecule has 0 aliphatic carbocycles. The third-order valence-corrected chi connectivity index (χ3v) is 3.84. The van der Waals surface area contributed by atoms with Crippen LogP contribution in [0.4, 0.5) is 0 Å². The predicted octanol–water partition coefficient (Wildman–Crippen LogP) is 3.50. The molecule has 0 aliphatic rings. The zero-order valence-corrected chi connectivity index (χ0v) is 14.8. The largest absolute Gasteiger partial charge is 0.487 e. The number of carboxylic acid groups (broad SMARTS) is 1. The molecule has 0 saturated carbocycles. The molecule has 5 nitrogen and oxygen atoms in total. The van der Waals surface area contributed by atoms with Gasteiger partial charge in [-0.25, -0.2) is 0 Å². The maximum Gasteiger partial charge on any atom is 0.307 e. The van der Waals surface area contributed by atoms with Crippen LogP contribution in [0.1, 0.15) is 31.5 Å². The summed E-state index contributed by atoms with van der Waals surface area (Å²) in [6.07, 6.45) is 2.42. The number of carboxylic acids is 1. The quantitative estimate of drug-likeness (QED) is 0.691. The summed E-state index contributed by atoms with van der Waals surface area (Å²) < 4.78 is 5.77. The number of hydrogen-bond donors (Lipinski definition) is 2. The zero-order valence-electron chi connectivity index (χ0n) is 14.8. The third kappa shape index (κ3) is 6.93. The third-order valence-electron chi connectivity index (χ3n) is 3.84. The lowest BCUT2D eigenvalue weighted by Gasteiger charge is -2.15. The molecule has 1 unspecified atom stereocenters. The monoisotopic (exact) mass is 342 g/mol. The molecule has 1 aromatic carbocycles. The van der Waals surface area contributed by atoms with Crippen LogP contribution in [-0.2, 0) is 17.9 Å². The summed E-state index contributed by atoms with van der Waals surface area (Å²) in [4.78, 5) is 15.5. The first-order valence-corrected chi connectivity index (χ1v) is 8.59. The van der Waals surface area contributed by atoms with Crippen LogP contribution in [0, 0.1) is 11.8 Å². The van der Waals surface area contributed by atoms with E-state index in [1.165, 1.54) is 0 Å². The Morgan fingerprint density at radius 3 is 2.76 bits per heavy atom. The molecule has 134 valence electrons. The molecule has 1 aromatic heterocycles. The van der Waals surface area contributed by atoms with Crippen LogP contribution >= 0.6 is 0 Å². The minimum Gasteiger partial charge on any atom is -0.487 e. The molecule has 2 rings (SSSR count). The molecule has 0 fully saturated rings. The van der Waals surface area contributed by atoms with E-state index in [4.69, 9.17) is 4.74 Å². The Balaban J connectivity index is 1.83. The van der Waals surface area contributed by atoms with Crippen molar-refractivity contribution in [3.8, 4) is 5.75 Å². The summed E-state index contributed by atoms with van der Waals surface area (Å²) in [5.74, 6) is 0.0466. The Labute approximate surface area is 149 Å². The van der Waals surface area contributed by atoms with Gasteiger partial charge in [-0.15, -0.1) is 0 Å². The Kier molecular flexibility index (Phi) is 7.41. The number of ether oxygens (including phenoxy) is 1. The summed E-state index contributed by atoms with van der Waals surface area (Å²) in [6, 6.07) is 13.5. The lowest BCUT2D eigenvalue weighted by Crippen LogP contribution is -2.29. The van der Waals surface area contributed by atoms with E-state index in [1.807, 2.05) is 56.3 Å². The SMILES string of the molecule is CC(C)CC(CNCc1cccc(OCc2ccccn2)c1)C(=O)O. The molecular weight excluding hydrogens is 316 g/mol. The van der Waals surface area contributed by atoms with Crippen molar-refractivity contribution < 1.29 is 14.6 Å². The predicted molar refractivity (Wildman–Crippen MR) is 97.3 cm³/mol. The van der Waals surface area contributed by atoms with Gasteiger partial charge in [-0.05, 0) is 42.2 Å². The van der Waals surface area contributed by atoms with Gasteiger partial charge in [0.15, 0.2) is 0 Å². The second-order valence-corrected chi connectivity index (χ2v) is 6.55. The zero-order chi connectivity index (χ0) is 18.1. The lowest BCUT2D eigenvalue weighted by molar-refractivity contribution is -0.142. The van der Waals surface area contributed by atoms with E-state index in [0.717, 1.165) is 17.0 Å². The van der Waals surface area contributed by atoms with Crippen LogP contribution in [-0.4, -0.2) is 22.6 Å². The van der Waals surface area contributed by atoms with Crippen LogP contribution in [0.2, 0.25) is 0 Å². The number of carbonyl (C=O) groups is 1. The molecule has 0 radical (unpaired) electrons. The standard InChI is InChI=1S/C20H26N2O3/c1-15(2)10-17(20(23)24)13-21-12-16-6-5-8-19(11-16)25-14-18-7-3-4-9-22-18/h3-9,11,15,17,21H,10,12-14H2,1-2H3,(H,23,24). The van der Waals surface area contributed by atoms with Gasteiger partial charge < -0.3 is 15.2 Å². The molecule has 1 atom stereocenters. The fourth-order valence-electron chi connectivity index (χ4n) is 2.62. The number of nitrogens with zero attached hydrogens (tertiary/aromatic N) is 1. The summed E-state index contributed by atoms with van der Waals surface area (Å²) in [7, 11) is 0. The first-order chi connectivity index (χ1) is 12.0. The van der Waals surface area contributed by atoms with E-state index in [2.05, 4.69) is 10.3 Å². The number of rotatable bonds is 10. The van der Waals surface area contributed by atoms with E-state index < -0.39 is 5.97 Å². The van der Waals surface area contributed by atoms with E-state index >= 15 is 0 Å². The molecule has 0 saturated heterocycles. The van der Waals surface area contributed by atoms with E-state index in [-0.39, 0.29) is 5.92 Å². The highest BCUT2D eigenvalue weighted by atomic mass is 16.5. The number of aliphatic carboxylic acids is 1. The van der Waals surface area contributed by atoms with Gasteiger partial charge in [-0.1, -0.05) is 32.0 Å². The van der Waals surface area contributed by atoms with Gasteiger partial charge in [0.2, 0.25) is 0 Å². The van der Waals surface area contributed by atoms with E-state index in [9.17, 15) is 9.90 Å². The van der Waals surface area contributed by atoms with Crippen molar-refractivity contribution in [2.24, 2.45) is 11.8 Å². The number of nitrogens with one attached hydrogen (secondary N) is 1. The molecule has 0 spiro atoms. The Hall–Kier alpha value is -2.40. The number of pyridine rings is 1. The van der Waals surface area contributed by atoms with Gasteiger partial charge in [-0.3, -0.25) is 9.78 Å². The average molecular weight is 342 g/mol. The fourth-order valence-corrected chi connectivity index (χ4v) is 2.62. The highest BCUT2D eigenvalue weighted by Crippen LogP contribution is 2.15. The number of benzene rings is 1. The molecule has 25 heavy (non-hydrogen) atoms. The second kappa shape index (κ2) is 9.79. The summed E-state index contributed by atoms with van der Waals surface area (Å²) in [5, 5.41) is 12.5. The summed E-state index contributed by atoms with van der Waals surface area (Å²) >= 11 is 0. The maximum atomic E-state index is 11.3. The van der Waals surface area contributed by atoms with Gasteiger partial charge in [-0.2, -0.15) is 0 Å². The lowest BCUT2D eigenvalue weighted by atomic mass is 9.97. The molecular formula is C20H26N2O3. The van der Waals surface area contributed by atoms with Gasteiger partial charge in [0, 0.05) is 19.3 Å². The number of aromatic nitrogens is 1. The van der Waals surface area contributed by atoms with E-state index in [1.54, 1.807) is 6.20 Å². The molecule has 0 bridgehead atoms. The maximum absolute atomic E-state index is 11.3. The van der Waals surface area contributed by atoms with Crippen LogP contribution < -0.4 is 10.1 Å². The second-order valence-electron chi connectivity index (χ2n) is 6.55. The van der Waals surface area contributed by atoms with Crippen molar-refractivity contribution in [3.63, 3.8) is 0 Å². The Morgan fingerprint density at radius 1 is 1.24 bits per heavy atom. The highest BCUT2D eigenvalue weighted by Gasteiger charge is 2.18. The van der Waals surface area contributed by atoms with E-state index in [0.29, 0.717) is 32.0 Å². The first kappa shape index (κ1) is 18.9. The summed E-state index contributed by atoms with van der Waals surface area (Å²) in [6.45, 7) is 5.58. The van der Waals surface area contributed by atoms with Crippen molar-refractivity contribution >= 4 is 5.97 Å². The van der Waals surface area contributed by atoms with Crippen molar-refractivity contribution in [3.05, 3.63) is 59.9 Å². The Bertz CT molecular complexity index is 659. The molecule has 5 heteroatoms. The topological polar surface area (TPSA) is 71.5 Å². The fraction of sp³-hybridized carbons (Fsp3) is 0.400. The van der Waals surface area contributed by atoms with Crippen LogP contribution in [0.5, 0.6) is 5.75 Å². The minimum atomic E-state index is -0.742. The normalized spacial score (nSPS) is 12.1. The van der Waals surface area contributed by atoms with Gasteiger partial charge in [0.25, 0.3) is 0 Å². The van der Waals surface area contributed by atoms with Crippen molar-refractivity contribution in [1.29, 1.82) is 0 Å². The van der Waals surface area contributed by atoms with Gasteiger partial charge in [0.1, 0.15) is 12.4 Å². The first-order valence-electron chi connectivity index (χ1n) is 8.59. The van der Waals surface area contributed by atoms with Crippen molar-refractivity contribution in [1.82, 2.24) is 10.3 Å². The van der Waals surface area contributed by atoms with Crippen LogP contribution in [0.25, 0.3) is 0 Å². The van der Waals surface area contributed by atoms with Crippen molar-refractivity contribution in [2.45, 2.75) is 33.4 Å². The molecule has 0 aliphatic heterocycles. The molecule has 2 N–H and O–H groups in total. The highest BCUT2D eigenvalue weighted by molar-refractivity contribution is 5.70.